The van der Waals surface area contributed by atoms with Crippen LogP contribution in [0.5, 0.6) is 5.75 Å². The molecule has 0 radical (unpaired) electrons. The zero-order valence-electron chi connectivity index (χ0n) is 12.5. The molecule has 0 aliphatic carbocycles. The number of rotatable bonds is 5. The maximum Gasteiger partial charge on any atom is 0.185 e. The molecule has 1 aromatic rings. The third kappa shape index (κ3) is 5.03. The molecule has 4 N–H and O–H groups in total. The van der Waals surface area contributed by atoms with Gasteiger partial charge in [0, 0.05) is 5.56 Å². The first-order valence-electron chi connectivity index (χ1n) is 7.14. The first-order valence-corrected chi connectivity index (χ1v) is 7.14. The first-order chi connectivity index (χ1) is 9.72. The fraction of sp³-hybridized carbons (Fsp3) is 0.533. The summed E-state index contributed by atoms with van der Waals surface area (Å²) in [6.07, 6.45) is 3.76. The second-order valence-electron chi connectivity index (χ2n) is 5.12. The predicted octanol–water partition coefficient (Wildman–Crippen LogP) is 2.11. The Bertz CT molecular complexity index is 457. The molecule has 0 saturated carbocycles. The van der Waals surface area contributed by atoms with Gasteiger partial charge in [-0.15, -0.1) is 24.0 Å². The highest BCUT2D eigenvalue weighted by atomic mass is 127. The average molecular weight is 404 g/mol. The monoisotopic (exact) mass is 404 g/mol. The Morgan fingerprint density at radius 1 is 1.24 bits per heavy atom. The summed E-state index contributed by atoms with van der Waals surface area (Å²) in [4.78, 5) is 6.68. The highest BCUT2D eigenvalue weighted by Crippen LogP contribution is 2.31. The predicted molar refractivity (Wildman–Crippen MR) is 97.3 cm³/mol. The standard InChI is InChI=1S/C15H24N4O.HI/c1-20-14-8-4-3-7-12(14)13(11-18-15(16)17)19-9-5-2-6-10-19;/h3-4,7-8,13H,2,5-6,9-11H2,1H3,(H4,16,17,18);1H. The number of nitrogens with two attached hydrogens (primary N) is 2. The van der Waals surface area contributed by atoms with Gasteiger partial charge in [0.05, 0.1) is 19.7 Å². The molecular weight excluding hydrogens is 379 g/mol. The molecule has 1 saturated heterocycles. The molecule has 21 heavy (non-hydrogen) atoms. The van der Waals surface area contributed by atoms with E-state index in [4.69, 9.17) is 16.2 Å². The van der Waals surface area contributed by atoms with E-state index in [1.807, 2.05) is 18.2 Å². The second kappa shape index (κ2) is 9.09. The minimum Gasteiger partial charge on any atom is -0.496 e. The lowest BCUT2D eigenvalue weighted by Crippen LogP contribution is -2.36. The van der Waals surface area contributed by atoms with Crippen LogP contribution in [-0.4, -0.2) is 37.6 Å². The van der Waals surface area contributed by atoms with Crippen LogP contribution < -0.4 is 16.2 Å². The van der Waals surface area contributed by atoms with Crippen LogP contribution in [0, 0.1) is 0 Å². The van der Waals surface area contributed by atoms with Crippen LogP contribution in [0.15, 0.2) is 29.3 Å². The number of likely N-dealkylation sites (tertiary alicyclic amines) is 1. The van der Waals surface area contributed by atoms with Crippen molar-refractivity contribution in [1.29, 1.82) is 0 Å². The Labute approximate surface area is 143 Å². The molecule has 1 heterocycles. The van der Waals surface area contributed by atoms with Crippen molar-refractivity contribution in [3.8, 4) is 5.75 Å². The third-order valence-electron chi connectivity index (χ3n) is 3.78. The van der Waals surface area contributed by atoms with Gasteiger partial charge in [-0.2, -0.15) is 0 Å². The topological polar surface area (TPSA) is 76.9 Å². The number of hydrogen-bond acceptors (Lipinski definition) is 3. The minimum absolute atomic E-state index is 0. The van der Waals surface area contributed by atoms with Crippen molar-refractivity contribution in [2.45, 2.75) is 25.3 Å². The Morgan fingerprint density at radius 3 is 2.52 bits per heavy atom. The normalized spacial score (nSPS) is 16.6. The molecule has 0 bridgehead atoms. The Hall–Kier alpha value is -1.02. The fourth-order valence-corrected chi connectivity index (χ4v) is 2.77. The van der Waals surface area contributed by atoms with E-state index in [0.717, 1.165) is 24.4 Å². The minimum atomic E-state index is 0. The van der Waals surface area contributed by atoms with Gasteiger partial charge >= 0.3 is 0 Å². The lowest BCUT2D eigenvalue weighted by Gasteiger charge is -2.34. The van der Waals surface area contributed by atoms with Crippen LogP contribution in [0.25, 0.3) is 0 Å². The maximum absolute atomic E-state index is 5.50. The first kappa shape index (κ1) is 18.0. The number of nitrogens with zero attached hydrogens (tertiary/aromatic N) is 2. The Morgan fingerprint density at radius 2 is 1.90 bits per heavy atom. The molecule has 1 aliphatic rings. The van der Waals surface area contributed by atoms with Gasteiger partial charge in [0.25, 0.3) is 0 Å². The van der Waals surface area contributed by atoms with Crippen LogP contribution in [-0.2, 0) is 0 Å². The van der Waals surface area contributed by atoms with Crippen molar-refractivity contribution >= 4 is 29.9 Å². The number of para-hydroxylation sites is 1. The van der Waals surface area contributed by atoms with E-state index in [1.165, 1.54) is 19.3 Å². The quantitative estimate of drug-likeness (QED) is 0.448. The summed E-state index contributed by atoms with van der Waals surface area (Å²) in [5, 5.41) is 0. The lowest BCUT2D eigenvalue weighted by molar-refractivity contribution is 0.165. The van der Waals surface area contributed by atoms with E-state index in [9.17, 15) is 0 Å². The zero-order chi connectivity index (χ0) is 14.4. The van der Waals surface area contributed by atoms with Gasteiger partial charge < -0.3 is 16.2 Å². The molecule has 1 aliphatic heterocycles. The van der Waals surface area contributed by atoms with Crippen LogP contribution in [0.1, 0.15) is 30.9 Å². The molecule has 0 spiro atoms. The van der Waals surface area contributed by atoms with Gasteiger partial charge in [-0.1, -0.05) is 24.6 Å². The van der Waals surface area contributed by atoms with Gasteiger partial charge in [-0.05, 0) is 32.0 Å². The van der Waals surface area contributed by atoms with Crippen molar-refractivity contribution < 1.29 is 4.74 Å². The van der Waals surface area contributed by atoms with Crippen LogP contribution in [0.4, 0.5) is 0 Å². The Balaban J connectivity index is 0.00000220. The maximum atomic E-state index is 5.50. The molecule has 0 aromatic heterocycles. The number of hydrogen-bond donors (Lipinski definition) is 2. The summed E-state index contributed by atoms with van der Waals surface area (Å²) >= 11 is 0. The largest absolute Gasteiger partial charge is 0.496 e. The molecule has 6 heteroatoms. The highest BCUT2D eigenvalue weighted by Gasteiger charge is 2.24. The van der Waals surface area contributed by atoms with Gasteiger partial charge in [0.1, 0.15) is 5.75 Å². The summed E-state index contributed by atoms with van der Waals surface area (Å²) in [6, 6.07) is 8.27. The number of ether oxygens (including phenoxy) is 1. The van der Waals surface area contributed by atoms with Gasteiger partial charge in [-0.25, -0.2) is 0 Å². The molecule has 5 nitrogen and oxygen atoms in total. The highest BCUT2D eigenvalue weighted by molar-refractivity contribution is 14.0. The molecule has 1 aromatic carbocycles. The van der Waals surface area contributed by atoms with Crippen LogP contribution in [0.2, 0.25) is 0 Å². The molecule has 118 valence electrons. The molecule has 0 amide bonds. The van der Waals surface area contributed by atoms with Crippen molar-refractivity contribution in [1.82, 2.24) is 4.90 Å². The SMILES string of the molecule is COc1ccccc1C(CN=C(N)N)N1CCCCC1.I. The number of methoxy groups -OCH3 is 1. The number of guanidine groups is 1. The molecule has 1 fully saturated rings. The average Bonchev–Trinajstić information content (AvgIpc) is 2.49. The summed E-state index contributed by atoms with van der Waals surface area (Å²) in [5.74, 6) is 1.04. The zero-order valence-corrected chi connectivity index (χ0v) is 14.8. The van der Waals surface area contributed by atoms with E-state index < -0.39 is 0 Å². The van der Waals surface area contributed by atoms with Crippen molar-refractivity contribution in [2.24, 2.45) is 16.5 Å². The fourth-order valence-electron chi connectivity index (χ4n) is 2.77. The van der Waals surface area contributed by atoms with Crippen LogP contribution >= 0.6 is 24.0 Å². The number of aliphatic imine (C=N–C) groups is 1. The number of halogens is 1. The molecular formula is C15H25IN4O. The summed E-state index contributed by atoms with van der Waals surface area (Å²) in [7, 11) is 1.70. The van der Waals surface area contributed by atoms with Crippen molar-refractivity contribution in [3.05, 3.63) is 29.8 Å². The van der Waals surface area contributed by atoms with E-state index in [0.29, 0.717) is 6.54 Å². The van der Waals surface area contributed by atoms with Gasteiger partial charge in [0.15, 0.2) is 5.96 Å². The summed E-state index contributed by atoms with van der Waals surface area (Å²) in [6.45, 7) is 2.74. The van der Waals surface area contributed by atoms with E-state index >= 15 is 0 Å². The molecule has 1 atom stereocenters. The van der Waals surface area contributed by atoms with E-state index in [1.54, 1.807) is 7.11 Å². The molecule has 1 unspecified atom stereocenters. The summed E-state index contributed by atoms with van der Waals surface area (Å²) in [5.41, 5.74) is 12.1. The second-order valence-corrected chi connectivity index (χ2v) is 5.12. The summed E-state index contributed by atoms with van der Waals surface area (Å²) < 4.78 is 5.49. The van der Waals surface area contributed by atoms with Crippen molar-refractivity contribution in [2.75, 3.05) is 26.7 Å². The van der Waals surface area contributed by atoms with E-state index in [2.05, 4.69) is 16.0 Å². The van der Waals surface area contributed by atoms with Gasteiger partial charge in [0.2, 0.25) is 0 Å². The van der Waals surface area contributed by atoms with Gasteiger partial charge in [-0.3, -0.25) is 9.89 Å². The lowest BCUT2D eigenvalue weighted by atomic mass is 10.0. The third-order valence-corrected chi connectivity index (χ3v) is 3.78. The molecule has 2 rings (SSSR count). The smallest absolute Gasteiger partial charge is 0.185 e. The van der Waals surface area contributed by atoms with E-state index in [-0.39, 0.29) is 36.0 Å². The Kier molecular flexibility index (Phi) is 7.81. The van der Waals surface area contributed by atoms with Crippen molar-refractivity contribution in [3.63, 3.8) is 0 Å². The number of piperidine rings is 1. The van der Waals surface area contributed by atoms with Crippen LogP contribution in [0.3, 0.4) is 0 Å². The number of benzene rings is 1.